The lowest BCUT2D eigenvalue weighted by Gasteiger charge is -2.26. The molecule has 0 aliphatic carbocycles. The Bertz CT molecular complexity index is 5970. The minimum Gasteiger partial charge on any atom is -0.369 e. The Labute approximate surface area is 764 Å². The predicted molar refractivity (Wildman–Crippen MR) is 527 cm³/mol. The number of rotatable bonds is 24. The van der Waals surface area contributed by atoms with Gasteiger partial charge >= 0.3 is 0 Å². The van der Waals surface area contributed by atoms with Gasteiger partial charge in [0.05, 0.1) is 46.0 Å². The number of likely N-dealkylation sites (tertiary alicyclic amines) is 2. The predicted octanol–water partition coefficient (Wildman–Crippen LogP) is 22.1. The number of nitrogens with one attached hydrogen (secondary N) is 6. The zero-order chi connectivity index (χ0) is 90.4. The van der Waals surface area contributed by atoms with Crippen molar-refractivity contribution in [3.05, 3.63) is 372 Å². The van der Waals surface area contributed by atoms with Crippen molar-refractivity contribution in [3.8, 4) is 45.0 Å². The summed E-state index contributed by atoms with van der Waals surface area (Å²) in [5.41, 5.74) is 25.9. The van der Waals surface area contributed by atoms with Gasteiger partial charge in [-0.15, -0.1) is 0 Å². The van der Waals surface area contributed by atoms with Gasteiger partial charge in [-0.3, -0.25) is 19.9 Å². The number of benzene rings is 6. The van der Waals surface area contributed by atoms with Crippen LogP contribution >= 0.6 is 0 Å². The van der Waals surface area contributed by atoms with Crippen LogP contribution in [0.3, 0.4) is 0 Å². The summed E-state index contributed by atoms with van der Waals surface area (Å²) >= 11 is 0. The van der Waals surface area contributed by atoms with E-state index in [9.17, 15) is 0 Å². The standard InChI is InChI=1S/2C20H28N4.C18H17N3.C17H16N4.C16H14N4.C15H13N5/c1-16-6-8-18(9-7-16)14-19-17(2)20(23-15-22-19)21-10-13-24-11-4-3-5-12-24;1-16-6-8-18(9-7-16)14-19-15-20(23-17(2)22-19)21-10-13-24-11-4-3-5-12-24;1-13-8-10-16(11-9-13)21-18-12-17(19-14(2)20-18)15-6-4-3-5-7-15;1-12-3-5-15(6-4-12)21-17-13(2)16(19-11-20-17)14-7-9-18-10-8-14;1-12-2-4-14(5-3-12)20-16-10-15(18-11-19-16)13-6-8-17-9-7-13;1-11-2-3-13(9-17-11)20-15-8-14(18-10-19-15)12-4-6-16-7-5-12/h2*6-9,15H,3-5,10-14H2,1-2H3,(H,21,22,23);3-12H,1-2H3,(H,19,20,21);3-11H,1-2H3,(H,19,20,21);2-11H,1H3,(H,18,19,20);2-10H,1H3,(H,18,19,20). The monoisotopic (exact) mass is 1720 g/mol. The Balaban J connectivity index is 0.000000133. The fourth-order valence-corrected chi connectivity index (χ4v) is 14.5. The molecule has 24 heteroatoms. The normalized spacial score (nSPS) is 12.2. The van der Waals surface area contributed by atoms with E-state index in [1.165, 1.54) is 104 Å². The van der Waals surface area contributed by atoms with Crippen molar-refractivity contribution in [2.45, 2.75) is 121 Å². The molecule has 10 aromatic heterocycles. The number of pyridine rings is 4. The molecule has 0 spiro atoms. The first kappa shape index (κ1) is 92.8. The van der Waals surface area contributed by atoms with Crippen molar-refractivity contribution in [2.75, 3.05) is 84.3 Å². The summed E-state index contributed by atoms with van der Waals surface area (Å²) in [6, 6.07) is 75.5. The fourth-order valence-electron chi connectivity index (χ4n) is 14.5. The molecule has 2 saturated heterocycles. The number of aromatic nitrogens is 16. The van der Waals surface area contributed by atoms with E-state index in [2.05, 4.69) is 278 Å². The average Bonchev–Trinajstić information content (AvgIpc) is 0.829. The molecule has 2 aliphatic heterocycles. The zero-order valence-corrected chi connectivity index (χ0v) is 76.1. The third kappa shape index (κ3) is 30.2. The first-order chi connectivity index (χ1) is 63.5. The third-order valence-electron chi connectivity index (χ3n) is 21.8. The lowest BCUT2D eigenvalue weighted by atomic mass is 10.0. The van der Waals surface area contributed by atoms with Crippen LogP contribution in [0.1, 0.15) is 117 Å². The maximum Gasteiger partial charge on any atom is 0.137 e. The van der Waals surface area contributed by atoms with Gasteiger partial charge in [-0.1, -0.05) is 156 Å². The molecule has 130 heavy (non-hydrogen) atoms. The lowest BCUT2D eigenvalue weighted by Crippen LogP contribution is -2.33. The molecule has 2 aliphatic rings. The van der Waals surface area contributed by atoms with Crippen LogP contribution in [0.15, 0.2) is 293 Å². The Kier molecular flexibility index (Phi) is 34.8. The third-order valence-corrected chi connectivity index (χ3v) is 21.8. The Hall–Kier alpha value is -14.9. The number of piperidine rings is 2. The SMILES string of the molecule is Cc1ccc(Cc2cc(NCCN3CCCCC3)nc(C)n2)cc1.Cc1ccc(Cc2ncnc(NCCN3CCCCC3)c2C)cc1.Cc1ccc(Nc2cc(-c3ccccc3)nc(C)n2)cc1.Cc1ccc(Nc2cc(-c3ccncc3)ncn2)cc1.Cc1ccc(Nc2cc(-c3ccncc3)ncn2)cn1.Cc1ccc(Nc2ncnc(-c3ccncc3)c2C)cc1. The highest BCUT2D eigenvalue weighted by molar-refractivity contribution is 5.72. The molecule has 12 heterocycles. The van der Waals surface area contributed by atoms with Gasteiger partial charge in [-0.05, 0) is 217 Å². The second-order valence-corrected chi connectivity index (χ2v) is 32.4. The Morgan fingerprint density at radius 2 is 0.723 bits per heavy atom. The van der Waals surface area contributed by atoms with Crippen LogP contribution in [0.5, 0.6) is 0 Å². The topological polar surface area (TPSA) is 285 Å². The smallest absolute Gasteiger partial charge is 0.137 e. The molecular weight excluding hydrogens is 1610 g/mol. The largest absolute Gasteiger partial charge is 0.369 e. The molecule has 0 amide bonds. The minimum atomic E-state index is 0.734. The van der Waals surface area contributed by atoms with Crippen molar-refractivity contribution in [2.24, 2.45) is 0 Å². The van der Waals surface area contributed by atoms with Gasteiger partial charge < -0.3 is 41.7 Å². The average molecular weight is 1730 g/mol. The van der Waals surface area contributed by atoms with E-state index < -0.39 is 0 Å². The molecule has 24 nitrogen and oxygen atoms in total. The molecule has 6 aromatic carbocycles. The summed E-state index contributed by atoms with van der Waals surface area (Å²) in [5, 5.41) is 20.1. The van der Waals surface area contributed by atoms with Crippen LogP contribution in [0.25, 0.3) is 45.0 Å². The second-order valence-electron chi connectivity index (χ2n) is 32.4. The van der Waals surface area contributed by atoms with Crippen LogP contribution in [-0.2, 0) is 12.8 Å². The van der Waals surface area contributed by atoms with Crippen molar-refractivity contribution < 1.29 is 0 Å². The van der Waals surface area contributed by atoms with Crippen molar-refractivity contribution in [1.29, 1.82) is 0 Å². The Morgan fingerprint density at radius 1 is 0.300 bits per heavy atom. The number of nitrogens with zero attached hydrogens (tertiary/aromatic N) is 18. The van der Waals surface area contributed by atoms with Gasteiger partial charge in [-0.25, -0.2) is 59.8 Å². The van der Waals surface area contributed by atoms with Crippen LogP contribution in [0.4, 0.5) is 57.7 Å². The summed E-state index contributed by atoms with van der Waals surface area (Å²) in [5.74, 6) is 6.65. The summed E-state index contributed by atoms with van der Waals surface area (Å²) in [6.07, 6.45) is 28.5. The lowest BCUT2D eigenvalue weighted by molar-refractivity contribution is 0.237. The van der Waals surface area contributed by atoms with E-state index in [-0.39, 0.29) is 0 Å². The Morgan fingerprint density at radius 3 is 1.25 bits per heavy atom. The van der Waals surface area contributed by atoms with Crippen LogP contribution in [0.2, 0.25) is 0 Å². The van der Waals surface area contributed by atoms with Crippen LogP contribution < -0.4 is 31.9 Å². The summed E-state index contributed by atoms with van der Waals surface area (Å²) in [7, 11) is 0. The molecule has 0 bridgehead atoms. The van der Waals surface area contributed by atoms with Crippen LogP contribution in [0, 0.1) is 69.2 Å². The summed E-state index contributed by atoms with van der Waals surface area (Å²) in [6.45, 7) is 29.4. The maximum atomic E-state index is 4.59. The van der Waals surface area contributed by atoms with E-state index in [1.807, 2.05) is 137 Å². The molecule has 16 aromatic rings. The molecule has 2 fully saturated rings. The van der Waals surface area contributed by atoms with Gasteiger partial charge in [0.2, 0.25) is 0 Å². The van der Waals surface area contributed by atoms with Crippen LogP contribution in [-0.4, -0.2) is 142 Å². The number of anilines is 10. The van der Waals surface area contributed by atoms with Gasteiger partial charge in [0.15, 0.2) is 0 Å². The van der Waals surface area contributed by atoms with E-state index in [0.717, 1.165) is 182 Å². The molecular formula is C106H116N24. The highest BCUT2D eigenvalue weighted by Gasteiger charge is 2.16. The molecule has 18 rings (SSSR count). The fraction of sp³-hybridized carbons (Fsp3) is 0.245. The summed E-state index contributed by atoms with van der Waals surface area (Å²) in [4.78, 5) is 74.1. The van der Waals surface area contributed by atoms with Gasteiger partial charge in [0, 0.05) is 157 Å². The molecule has 0 unspecified atom stereocenters. The van der Waals surface area contributed by atoms with Crippen molar-refractivity contribution in [3.63, 3.8) is 0 Å². The number of hydrogen-bond acceptors (Lipinski definition) is 24. The van der Waals surface area contributed by atoms with Crippen molar-refractivity contribution in [1.82, 2.24) is 89.5 Å². The highest BCUT2D eigenvalue weighted by Crippen LogP contribution is 2.30. The quantitative estimate of drug-likeness (QED) is 0.0328. The minimum absolute atomic E-state index is 0.734. The van der Waals surface area contributed by atoms with Gasteiger partial charge in [0.25, 0.3) is 0 Å². The van der Waals surface area contributed by atoms with E-state index in [4.69, 9.17) is 0 Å². The molecule has 660 valence electrons. The molecule has 0 atom stereocenters. The summed E-state index contributed by atoms with van der Waals surface area (Å²) < 4.78 is 0. The molecule has 0 saturated carbocycles. The van der Waals surface area contributed by atoms with E-state index in [0.29, 0.717) is 0 Å². The van der Waals surface area contributed by atoms with E-state index >= 15 is 0 Å². The van der Waals surface area contributed by atoms with Crippen molar-refractivity contribution >= 4 is 57.7 Å². The maximum absolute atomic E-state index is 4.59. The molecule has 6 N–H and O–H groups in total. The number of aryl methyl sites for hydroxylation is 8. The van der Waals surface area contributed by atoms with Gasteiger partial charge in [-0.2, -0.15) is 0 Å². The van der Waals surface area contributed by atoms with Gasteiger partial charge in [0.1, 0.15) is 71.9 Å². The first-order valence-electron chi connectivity index (χ1n) is 44.5. The highest BCUT2D eigenvalue weighted by atomic mass is 15.2. The van der Waals surface area contributed by atoms with E-state index in [1.54, 1.807) is 68.7 Å². The number of hydrogen-bond donors (Lipinski definition) is 6. The molecule has 0 radical (unpaired) electrons. The zero-order valence-electron chi connectivity index (χ0n) is 76.1. The second kappa shape index (κ2) is 48.7. The first-order valence-corrected chi connectivity index (χ1v) is 44.5.